The van der Waals surface area contributed by atoms with Crippen molar-refractivity contribution in [2.75, 3.05) is 0 Å². The summed E-state index contributed by atoms with van der Waals surface area (Å²) >= 11 is 0. The molecule has 0 saturated heterocycles. The molecule has 0 spiro atoms. The van der Waals surface area contributed by atoms with Crippen molar-refractivity contribution in [1.29, 1.82) is 0 Å². The Morgan fingerprint density at radius 2 is 2.23 bits per heavy atom. The van der Waals surface area contributed by atoms with Crippen LogP contribution in [0.15, 0.2) is 18.7 Å². The van der Waals surface area contributed by atoms with Crippen LogP contribution in [0.25, 0.3) is 0 Å². The van der Waals surface area contributed by atoms with E-state index in [0.717, 1.165) is 0 Å². The molecule has 2 rings (SSSR count). The predicted molar refractivity (Wildman–Crippen MR) is 77.1 cm³/mol. The average molecular weight is 306 g/mol. The van der Waals surface area contributed by atoms with Gasteiger partial charge >= 0.3 is 5.97 Å². The first-order valence-electron chi connectivity index (χ1n) is 6.73. The summed E-state index contributed by atoms with van der Waals surface area (Å²) in [5.74, 6) is -1.05. The molecule has 0 aliphatic rings. The molecule has 118 valence electrons. The van der Waals surface area contributed by atoms with Crippen LogP contribution in [-0.4, -0.2) is 42.3 Å². The number of H-pyrrole nitrogens is 1. The van der Waals surface area contributed by atoms with Crippen LogP contribution in [0.2, 0.25) is 0 Å². The Balaban J connectivity index is 2.12. The number of carboxylic acid groups (broad SMARTS) is 1. The number of imidazole rings is 1. The Hall–Kier alpha value is -2.45. The highest BCUT2D eigenvalue weighted by Gasteiger charge is 2.20. The zero-order valence-electron chi connectivity index (χ0n) is 12.1. The maximum atomic E-state index is 11.3. The molecule has 2 heterocycles. The average Bonchev–Trinajstić information content (AvgIpc) is 3.00. The molecule has 0 unspecified atom stereocenters. The van der Waals surface area contributed by atoms with Crippen molar-refractivity contribution in [2.24, 2.45) is 0 Å². The van der Waals surface area contributed by atoms with E-state index < -0.39 is 12.0 Å². The number of aliphatic hydroxyl groups is 1. The third-order valence-electron chi connectivity index (χ3n) is 3.40. The lowest BCUT2D eigenvalue weighted by Crippen LogP contribution is -2.38. The standard InChI is InChI=1S/C14H18N4O4/c1-8-13(20)11(9(6-19)3-16-8)5-17-12(14(21)22)2-10-4-15-7-18-10/h3-4,7,12,17,19-20H,2,5-6H2,1H3,(H,15,18)(H,21,22)/t12-/m0/s1. The lowest BCUT2D eigenvalue weighted by molar-refractivity contribution is -0.139. The molecular weight excluding hydrogens is 288 g/mol. The highest BCUT2D eigenvalue weighted by molar-refractivity contribution is 5.73. The number of nitrogens with one attached hydrogen (secondary N) is 2. The molecular formula is C14H18N4O4. The Morgan fingerprint density at radius 1 is 1.45 bits per heavy atom. The highest BCUT2D eigenvalue weighted by atomic mass is 16.4. The Bertz CT molecular complexity index is 643. The van der Waals surface area contributed by atoms with Crippen molar-refractivity contribution in [3.63, 3.8) is 0 Å². The molecule has 8 heteroatoms. The number of aromatic nitrogens is 3. The predicted octanol–water partition coefficient (Wildman–Crippen LogP) is 0.0965. The van der Waals surface area contributed by atoms with Gasteiger partial charge in [0.1, 0.15) is 11.8 Å². The second-order valence-corrected chi connectivity index (χ2v) is 4.91. The van der Waals surface area contributed by atoms with Gasteiger partial charge in [0.2, 0.25) is 0 Å². The number of pyridine rings is 1. The minimum absolute atomic E-state index is 0.0373. The van der Waals surface area contributed by atoms with E-state index in [9.17, 15) is 20.1 Å². The largest absolute Gasteiger partial charge is 0.506 e. The van der Waals surface area contributed by atoms with Gasteiger partial charge in [-0.1, -0.05) is 0 Å². The minimum Gasteiger partial charge on any atom is -0.506 e. The first-order valence-corrected chi connectivity index (χ1v) is 6.73. The molecule has 2 aromatic heterocycles. The fourth-order valence-corrected chi connectivity index (χ4v) is 2.11. The second kappa shape index (κ2) is 7.01. The van der Waals surface area contributed by atoms with Gasteiger partial charge in [0, 0.05) is 42.2 Å². The van der Waals surface area contributed by atoms with Crippen LogP contribution in [0.4, 0.5) is 0 Å². The molecule has 1 atom stereocenters. The maximum absolute atomic E-state index is 11.3. The number of aliphatic hydroxyl groups excluding tert-OH is 1. The molecule has 0 aromatic carbocycles. The fraction of sp³-hybridized carbons (Fsp3) is 0.357. The molecule has 5 N–H and O–H groups in total. The van der Waals surface area contributed by atoms with Gasteiger partial charge in [0.15, 0.2) is 0 Å². The number of carboxylic acids is 1. The van der Waals surface area contributed by atoms with E-state index in [1.807, 2.05) is 0 Å². The molecule has 0 amide bonds. The van der Waals surface area contributed by atoms with Crippen molar-refractivity contribution in [3.05, 3.63) is 41.2 Å². The molecule has 0 saturated carbocycles. The third kappa shape index (κ3) is 3.60. The van der Waals surface area contributed by atoms with Gasteiger partial charge in [-0.3, -0.25) is 15.1 Å². The van der Waals surface area contributed by atoms with Crippen molar-refractivity contribution in [1.82, 2.24) is 20.3 Å². The topological polar surface area (TPSA) is 131 Å². The van der Waals surface area contributed by atoms with Crippen molar-refractivity contribution >= 4 is 5.97 Å². The quantitative estimate of drug-likeness (QED) is 0.490. The summed E-state index contributed by atoms with van der Waals surface area (Å²) in [5, 5.41) is 31.5. The molecule has 2 aromatic rings. The van der Waals surface area contributed by atoms with Crippen LogP contribution < -0.4 is 5.32 Å². The van der Waals surface area contributed by atoms with E-state index in [1.165, 1.54) is 12.5 Å². The van der Waals surface area contributed by atoms with Crippen LogP contribution in [-0.2, 0) is 24.4 Å². The van der Waals surface area contributed by atoms with Crippen molar-refractivity contribution in [2.45, 2.75) is 32.5 Å². The zero-order valence-corrected chi connectivity index (χ0v) is 12.1. The van der Waals surface area contributed by atoms with E-state index in [4.69, 9.17) is 0 Å². The number of aromatic amines is 1. The van der Waals surface area contributed by atoms with Gasteiger partial charge < -0.3 is 20.3 Å². The number of hydrogen-bond acceptors (Lipinski definition) is 6. The number of nitrogens with zero attached hydrogens (tertiary/aromatic N) is 2. The van der Waals surface area contributed by atoms with E-state index in [0.29, 0.717) is 22.5 Å². The molecule has 8 nitrogen and oxygen atoms in total. The Labute approximate surface area is 126 Å². The first-order chi connectivity index (χ1) is 10.5. The van der Waals surface area contributed by atoms with Gasteiger partial charge in [0.25, 0.3) is 0 Å². The highest BCUT2D eigenvalue weighted by Crippen LogP contribution is 2.23. The van der Waals surface area contributed by atoms with E-state index in [-0.39, 0.29) is 25.3 Å². The van der Waals surface area contributed by atoms with Crippen LogP contribution in [0, 0.1) is 6.92 Å². The SMILES string of the molecule is Cc1ncc(CO)c(CN[C@@H](Cc2cnc[nH]2)C(=O)O)c1O. The van der Waals surface area contributed by atoms with Gasteiger partial charge in [0.05, 0.1) is 18.6 Å². The normalized spacial score (nSPS) is 12.3. The summed E-state index contributed by atoms with van der Waals surface area (Å²) in [7, 11) is 0. The lowest BCUT2D eigenvalue weighted by atomic mass is 10.1. The van der Waals surface area contributed by atoms with Crippen LogP contribution in [0.3, 0.4) is 0 Å². The zero-order chi connectivity index (χ0) is 16.1. The summed E-state index contributed by atoms with van der Waals surface area (Å²) in [6, 6.07) is -0.847. The fourth-order valence-electron chi connectivity index (χ4n) is 2.11. The van der Waals surface area contributed by atoms with E-state index >= 15 is 0 Å². The summed E-state index contributed by atoms with van der Waals surface area (Å²) < 4.78 is 0. The van der Waals surface area contributed by atoms with Gasteiger partial charge in [-0.15, -0.1) is 0 Å². The Kier molecular flexibility index (Phi) is 5.08. The summed E-state index contributed by atoms with van der Waals surface area (Å²) in [5.41, 5.74) is 2.03. The van der Waals surface area contributed by atoms with Crippen LogP contribution >= 0.6 is 0 Å². The monoisotopic (exact) mass is 306 g/mol. The van der Waals surface area contributed by atoms with E-state index in [1.54, 1.807) is 13.1 Å². The summed E-state index contributed by atoms with van der Waals surface area (Å²) in [4.78, 5) is 22.0. The second-order valence-electron chi connectivity index (χ2n) is 4.91. The number of aliphatic carboxylic acids is 1. The molecule has 0 radical (unpaired) electrons. The van der Waals surface area contributed by atoms with Gasteiger partial charge in [-0.2, -0.15) is 0 Å². The lowest BCUT2D eigenvalue weighted by Gasteiger charge is -2.16. The van der Waals surface area contributed by atoms with Crippen LogP contribution in [0.5, 0.6) is 5.75 Å². The van der Waals surface area contributed by atoms with Crippen LogP contribution in [0.1, 0.15) is 22.5 Å². The molecule has 22 heavy (non-hydrogen) atoms. The minimum atomic E-state index is -1.01. The third-order valence-corrected chi connectivity index (χ3v) is 3.40. The van der Waals surface area contributed by atoms with Gasteiger partial charge in [-0.25, -0.2) is 4.98 Å². The summed E-state index contributed by atoms with van der Waals surface area (Å²) in [6.07, 6.45) is 4.74. The number of aromatic hydroxyl groups is 1. The maximum Gasteiger partial charge on any atom is 0.321 e. The molecule has 0 aliphatic carbocycles. The Morgan fingerprint density at radius 3 is 2.82 bits per heavy atom. The number of aryl methyl sites for hydroxylation is 1. The summed E-state index contributed by atoms with van der Waals surface area (Å²) in [6.45, 7) is 1.46. The van der Waals surface area contributed by atoms with Crippen molar-refractivity contribution in [3.8, 4) is 5.75 Å². The molecule has 0 bridgehead atoms. The first kappa shape index (κ1) is 15.9. The van der Waals surface area contributed by atoms with Crippen molar-refractivity contribution < 1.29 is 20.1 Å². The number of rotatable bonds is 7. The number of hydrogen-bond donors (Lipinski definition) is 5. The molecule has 0 fully saturated rings. The van der Waals surface area contributed by atoms with Gasteiger partial charge in [-0.05, 0) is 6.92 Å². The number of carbonyl (C=O) groups is 1. The van der Waals surface area contributed by atoms with E-state index in [2.05, 4.69) is 20.3 Å². The smallest absolute Gasteiger partial charge is 0.321 e. The molecule has 0 aliphatic heterocycles.